The van der Waals surface area contributed by atoms with Crippen molar-refractivity contribution in [2.45, 2.75) is 25.7 Å². The standard InChI is InChI=1S/C6H9ClO3S/c7-11(8,9)10-6-4-2-1-3-5-6/h4H,1-3,5H2. The second-order valence-electron chi connectivity index (χ2n) is 2.39. The highest BCUT2D eigenvalue weighted by Gasteiger charge is 2.11. The highest BCUT2D eigenvalue weighted by atomic mass is 35.7. The van der Waals surface area contributed by atoms with E-state index in [2.05, 4.69) is 4.18 Å². The van der Waals surface area contributed by atoms with Crippen LogP contribution < -0.4 is 0 Å². The van der Waals surface area contributed by atoms with Gasteiger partial charge in [0.05, 0.1) is 10.7 Å². The summed E-state index contributed by atoms with van der Waals surface area (Å²) in [5.41, 5.74) is 0. The summed E-state index contributed by atoms with van der Waals surface area (Å²) in [7, 11) is 1.06. The van der Waals surface area contributed by atoms with Crippen LogP contribution in [0.3, 0.4) is 0 Å². The Morgan fingerprint density at radius 2 is 2.18 bits per heavy atom. The monoisotopic (exact) mass is 196 g/mol. The smallest absolute Gasteiger partial charge is 0.376 e. The summed E-state index contributed by atoms with van der Waals surface area (Å²) < 4.78 is 25.3. The van der Waals surface area contributed by atoms with Crippen molar-refractivity contribution in [2.24, 2.45) is 0 Å². The van der Waals surface area contributed by atoms with Gasteiger partial charge < -0.3 is 4.18 Å². The van der Waals surface area contributed by atoms with Gasteiger partial charge in [-0.3, -0.25) is 0 Å². The van der Waals surface area contributed by atoms with Crippen LogP contribution in [0.2, 0.25) is 0 Å². The quantitative estimate of drug-likeness (QED) is 0.634. The molecule has 0 amide bonds. The van der Waals surface area contributed by atoms with E-state index in [9.17, 15) is 8.42 Å². The first-order chi connectivity index (χ1) is 5.08. The van der Waals surface area contributed by atoms with Crippen molar-refractivity contribution in [2.75, 3.05) is 0 Å². The molecule has 11 heavy (non-hydrogen) atoms. The third kappa shape index (κ3) is 3.62. The van der Waals surface area contributed by atoms with E-state index in [1.54, 1.807) is 6.08 Å². The molecule has 3 nitrogen and oxygen atoms in total. The van der Waals surface area contributed by atoms with Crippen molar-refractivity contribution in [1.29, 1.82) is 0 Å². The van der Waals surface area contributed by atoms with Gasteiger partial charge in [-0.25, -0.2) is 0 Å². The second kappa shape index (κ2) is 3.45. The normalized spacial score (nSPS) is 19.2. The predicted molar refractivity (Wildman–Crippen MR) is 42.4 cm³/mol. The number of allylic oxidation sites excluding steroid dienone is 2. The Hall–Kier alpha value is -0.220. The van der Waals surface area contributed by atoms with E-state index in [0.29, 0.717) is 12.2 Å². The molecule has 0 bridgehead atoms. The van der Waals surface area contributed by atoms with Crippen LogP contribution in [-0.4, -0.2) is 8.42 Å². The SMILES string of the molecule is O=S(=O)(Cl)OC1=CCCCC1. The number of rotatable bonds is 2. The van der Waals surface area contributed by atoms with Crippen molar-refractivity contribution in [1.82, 2.24) is 0 Å². The second-order valence-corrected chi connectivity index (χ2v) is 4.48. The van der Waals surface area contributed by atoms with Crippen molar-refractivity contribution < 1.29 is 12.6 Å². The Balaban J connectivity index is 2.55. The van der Waals surface area contributed by atoms with Crippen LogP contribution in [0, 0.1) is 0 Å². The fourth-order valence-electron chi connectivity index (χ4n) is 1.01. The molecule has 0 saturated heterocycles. The molecule has 1 aliphatic carbocycles. The van der Waals surface area contributed by atoms with Gasteiger partial charge in [0.1, 0.15) is 5.76 Å². The molecule has 5 heteroatoms. The molecule has 0 aromatic carbocycles. The lowest BCUT2D eigenvalue weighted by Gasteiger charge is -2.10. The lowest BCUT2D eigenvalue weighted by molar-refractivity contribution is 0.387. The fourth-order valence-corrected chi connectivity index (χ4v) is 1.66. The van der Waals surface area contributed by atoms with Gasteiger partial charge in [-0.2, -0.15) is 8.42 Å². The van der Waals surface area contributed by atoms with E-state index < -0.39 is 9.33 Å². The highest BCUT2D eigenvalue weighted by Crippen LogP contribution is 2.20. The highest BCUT2D eigenvalue weighted by molar-refractivity contribution is 8.10. The van der Waals surface area contributed by atoms with Crippen molar-refractivity contribution in [3.05, 3.63) is 11.8 Å². The zero-order chi connectivity index (χ0) is 8.32. The topological polar surface area (TPSA) is 43.4 Å². The Morgan fingerprint density at radius 3 is 2.64 bits per heavy atom. The average molecular weight is 197 g/mol. The van der Waals surface area contributed by atoms with E-state index in [-0.39, 0.29) is 0 Å². The number of halogens is 1. The fraction of sp³-hybridized carbons (Fsp3) is 0.667. The average Bonchev–Trinajstić information content (AvgIpc) is 1.85. The van der Waals surface area contributed by atoms with Gasteiger partial charge in [0.2, 0.25) is 0 Å². The van der Waals surface area contributed by atoms with Gasteiger partial charge in [-0.05, 0) is 25.3 Å². The van der Waals surface area contributed by atoms with Gasteiger partial charge in [0.25, 0.3) is 0 Å². The van der Waals surface area contributed by atoms with Gasteiger partial charge in [-0.15, -0.1) is 0 Å². The lowest BCUT2D eigenvalue weighted by Crippen LogP contribution is -2.00. The largest absolute Gasteiger partial charge is 0.400 e. The first-order valence-electron chi connectivity index (χ1n) is 3.41. The maximum Gasteiger partial charge on any atom is 0.400 e. The summed E-state index contributed by atoms with van der Waals surface area (Å²) in [6, 6.07) is 0. The van der Waals surface area contributed by atoms with E-state index >= 15 is 0 Å². The minimum absolute atomic E-state index is 0.478. The van der Waals surface area contributed by atoms with Crippen LogP contribution in [0.4, 0.5) is 0 Å². The Kier molecular flexibility index (Phi) is 2.78. The molecule has 0 fully saturated rings. The number of hydrogen-bond donors (Lipinski definition) is 0. The van der Waals surface area contributed by atoms with Gasteiger partial charge in [-0.1, -0.05) is 0 Å². The Morgan fingerprint density at radius 1 is 1.45 bits per heavy atom. The minimum atomic E-state index is -3.82. The minimum Gasteiger partial charge on any atom is -0.376 e. The molecule has 64 valence electrons. The molecule has 0 spiro atoms. The van der Waals surface area contributed by atoms with Crippen LogP contribution in [0.5, 0.6) is 0 Å². The Bertz CT molecular complexity index is 255. The van der Waals surface area contributed by atoms with E-state index in [0.717, 1.165) is 19.3 Å². The lowest BCUT2D eigenvalue weighted by atomic mass is 10.1. The van der Waals surface area contributed by atoms with Crippen molar-refractivity contribution in [3.63, 3.8) is 0 Å². The zero-order valence-corrected chi connectivity index (χ0v) is 7.49. The molecule has 0 saturated carbocycles. The molecule has 0 aliphatic heterocycles. The summed E-state index contributed by atoms with van der Waals surface area (Å²) in [4.78, 5) is 0. The Labute approximate surface area is 70.6 Å². The molecule has 0 aromatic rings. The van der Waals surface area contributed by atoms with Crippen LogP contribution in [0.15, 0.2) is 11.8 Å². The molecule has 1 aliphatic rings. The molecule has 0 radical (unpaired) electrons. The van der Waals surface area contributed by atoms with Gasteiger partial charge >= 0.3 is 9.33 Å². The summed E-state index contributed by atoms with van der Waals surface area (Å²) >= 11 is 0. The van der Waals surface area contributed by atoms with E-state index in [1.165, 1.54) is 0 Å². The third-order valence-electron chi connectivity index (χ3n) is 1.46. The van der Waals surface area contributed by atoms with Crippen molar-refractivity contribution >= 4 is 20.0 Å². The molecule has 0 unspecified atom stereocenters. The molecular formula is C6H9ClO3S. The summed E-state index contributed by atoms with van der Waals surface area (Å²) in [5.74, 6) is 0.478. The third-order valence-corrected chi connectivity index (χ3v) is 2.06. The molecular weight excluding hydrogens is 188 g/mol. The van der Waals surface area contributed by atoms with Gasteiger partial charge in [0.15, 0.2) is 0 Å². The molecule has 0 atom stereocenters. The summed E-state index contributed by atoms with van der Waals surface area (Å²) in [5, 5.41) is 0. The molecule has 1 rings (SSSR count). The van der Waals surface area contributed by atoms with Crippen LogP contribution in [-0.2, 0) is 13.5 Å². The van der Waals surface area contributed by atoms with Crippen LogP contribution >= 0.6 is 10.7 Å². The molecule has 0 N–H and O–H groups in total. The molecule has 0 aromatic heterocycles. The maximum atomic E-state index is 10.4. The maximum absolute atomic E-state index is 10.4. The summed E-state index contributed by atoms with van der Waals surface area (Å²) in [6.07, 6.45) is 5.38. The van der Waals surface area contributed by atoms with Gasteiger partial charge in [0, 0.05) is 6.42 Å². The first kappa shape index (κ1) is 8.87. The zero-order valence-electron chi connectivity index (χ0n) is 5.92. The first-order valence-corrected chi connectivity index (χ1v) is 5.64. The molecule has 0 heterocycles. The van der Waals surface area contributed by atoms with Crippen LogP contribution in [0.1, 0.15) is 25.7 Å². The van der Waals surface area contributed by atoms with Crippen molar-refractivity contribution in [3.8, 4) is 0 Å². The predicted octanol–water partition coefficient (Wildman–Crippen LogP) is 1.94. The van der Waals surface area contributed by atoms with Crippen LogP contribution in [0.25, 0.3) is 0 Å². The number of hydrogen-bond acceptors (Lipinski definition) is 3. The van der Waals surface area contributed by atoms with E-state index in [1.807, 2.05) is 0 Å². The summed E-state index contributed by atoms with van der Waals surface area (Å²) in [6.45, 7) is 0. The van der Waals surface area contributed by atoms with E-state index in [4.69, 9.17) is 10.7 Å².